The molecule has 0 heterocycles. The zero-order chi connectivity index (χ0) is 19.1. The second kappa shape index (κ2) is 8.81. The van der Waals surface area contributed by atoms with Crippen LogP contribution in [0.4, 0.5) is 5.69 Å². The fourth-order valence-electron chi connectivity index (χ4n) is 2.66. The highest BCUT2D eigenvalue weighted by Gasteiger charge is 2.06. The smallest absolute Gasteiger partial charge is 0.262 e. The van der Waals surface area contributed by atoms with E-state index in [1.165, 1.54) is 0 Å². The van der Waals surface area contributed by atoms with Crippen molar-refractivity contribution in [1.82, 2.24) is 0 Å². The Labute approximate surface area is 158 Å². The van der Waals surface area contributed by atoms with Gasteiger partial charge in [-0.1, -0.05) is 49.4 Å². The number of Topliss-reactive ketones (excluding diaryl/α,β-unsaturated/α-hetero) is 1. The summed E-state index contributed by atoms with van der Waals surface area (Å²) in [5.41, 5.74) is 3.58. The van der Waals surface area contributed by atoms with Crippen LogP contribution < -0.4 is 10.1 Å². The average Bonchev–Trinajstić information content (AvgIpc) is 2.73. The first-order chi connectivity index (χ1) is 13.2. The van der Waals surface area contributed by atoms with Crippen LogP contribution in [0.1, 0.15) is 23.7 Å². The van der Waals surface area contributed by atoms with Crippen molar-refractivity contribution in [2.24, 2.45) is 0 Å². The van der Waals surface area contributed by atoms with Gasteiger partial charge in [0.2, 0.25) is 0 Å². The summed E-state index contributed by atoms with van der Waals surface area (Å²) >= 11 is 0. The van der Waals surface area contributed by atoms with Crippen LogP contribution in [0.2, 0.25) is 0 Å². The summed E-state index contributed by atoms with van der Waals surface area (Å²) in [6.45, 7) is 1.73. The number of amides is 1. The summed E-state index contributed by atoms with van der Waals surface area (Å²) in [6.07, 6.45) is 0.464. The molecule has 3 aromatic rings. The molecule has 27 heavy (non-hydrogen) atoms. The second-order valence-corrected chi connectivity index (χ2v) is 6.08. The minimum absolute atomic E-state index is 0.0817. The van der Waals surface area contributed by atoms with Crippen LogP contribution in [0.5, 0.6) is 5.75 Å². The molecule has 3 aromatic carbocycles. The predicted molar refractivity (Wildman–Crippen MR) is 107 cm³/mol. The molecule has 0 aromatic heterocycles. The number of ketones is 1. The van der Waals surface area contributed by atoms with E-state index in [9.17, 15) is 9.59 Å². The van der Waals surface area contributed by atoms with Gasteiger partial charge in [-0.3, -0.25) is 9.59 Å². The molecule has 0 unspecified atom stereocenters. The van der Waals surface area contributed by atoms with Gasteiger partial charge >= 0.3 is 0 Å². The van der Waals surface area contributed by atoms with E-state index in [0.717, 1.165) is 11.1 Å². The molecule has 4 nitrogen and oxygen atoms in total. The Hall–Kier alpha value is -3.40. The Morgan fingerprint density at radius 3 is 2.07 bits per heavy atom. The highest BCUT2D eigenvalue weighted by Crippen LogP contribution is 2.21. The van der Waals surface area contributed by atoms with E-state index in [-0.39, 0.29) is 18.3 Å². The third-order valence-corrected chi connectivity index (χ3v) is 4.14. The summed E-state index contributed by atoms with van der Waals surface area (Å²) in [6, 6.07) is 24.5. The summed E-state index contributed by atoms with van der Waals surface area (Å²) in [4.78, 5) is 23.7. The molecule has 0 radical (unpaired) electrons. The van der Waals surface area contributed by atoms with Crippen LogP contribution in [0.25, 0.3) is 11.1 Å². The van der Waals surface area contributed by atoms with E-state index in [1.54, 1.807) is 24.3 Å². The van der Waals surface area contributed by atoms with Gasteiger partial charge in [-0.15, -0.1) is 0 Å². The highest BCUT2D eigenvalue weighted by molar-refractivity contribution is 5.96. The second-order valence-electron chi connectivity index (χ2n) is 6.08. The Morgan fingerprint density at radius 1 is 0.815 bits per heavy atom. The Balaban J connectivity index is 1.52. The summed E-state index contributed by atoms with van der Waals surface area (Å²) in [5.74, 6) is 0.395. The quantitative estimate of drug-likeness (QED) is 0.606. The van der Waals surface area contributed by atoms with Crippen molar-refractivity contribution in [2.45, 2.75) is 13.3 Å². The Kier molecular flexibility index (Phi) is 6.00. The maximum absolute atomic E-state index is 12.1. The molecular formula is C23H21NO3. The van der Waals surface area contributed by atoms with E-state index < -0.39 is 0 Å². The third-order valence-electron chi connectivity index (χ3n) is 4.14. The molecule has 0 saturated heterocycles. The van der Waals surface area contributed by atoms with E-state index in [0.29, 0.717) is 23.4 Å². The Morgan fingerprint density at radius 2 is 1.44 bits per heavy atom. The van der Waals surface area contributed by atoms with Crippen molar-refractivity contribution in [3.05, 3.63) is 84.4 Å². The van der Waals surface area contributed by atoms with Gasteiger partial charge in [0.05, 0.1) is 0 Å². The van der Waals surface area contributed by atoms with Gasteiger partial charge in [0.15, 0.2) is 12.4 Å². The molecule has 0 aliphatic rings. The van der Waals surface area contributed by atoms with Crippen LogP contribution in [0.15, 0.2) is 78.9 Å². The van der Waals surface area contributed by atoms with E-state index in [1.807, 2.05) is 61.5 Å². The minimum atomic E-state index is -0.240. The summed E-state index contributed by atoms with van der Waals surface area (Å²) in [7, 11) is 0. The summed E-state index contributed by atoms with van der Waals surface area (Å²) in [5, 5.41) is 2.81. The van der Waals surface area contributed by atoms with Crippen LogP contribution in [-0.4, -0.2) is 18.3 Å². The van der Waals surface area contributed by atoms with Gasteiger partial charge < -0.3 is 10.1 Å². The number of hydrogen-bond acceptors (Lipinski definition) is 3. The van der Waals surface area contributed by atoms with Gasteiger partial charge in [-0.2, -0.15) is 0 Å². The SMILES string of the molecule is CCC(=O)c1ccc(OCC(=O)Nc2ccc(-c3ccccc3)cc2)cc1. The molecule has 0 bridgehead atoms. The minimum Gasteiger partial charge on any atom is -0.484 e. The van der Waals surface area contributed by atoms with Crippen molar-refractivity contribution in [3.63, 3.8) is 0 Å². The fraction of sp³-hybridized carbons (Fsp3) is 0.130. The van der Waals surface area contributed by atoms with Crippen LogP contribution in [-0.2, 0) is 4.79 Å². The summed E-state index contributed by atoms with van der Waals surface area (Å²) < 4.78 is 5.48. The normalized spacial score (nSPS) is 10.3. The van der Waals surface area contributed by atoms with Gasteiger partial charge in [-0.25, -0.2) is 0 Å². The van der Waals surface area contributed by atoms with Crippen molar-refractivity contribution >= 4 is 17.4 Å². The Bertz CT molecular complexity index is 901. The standard InChI is InChI=1S/C23H21NO3/c1-2-22(25)19-10-14-21(15-11-19)27-16-23(26)24-20-12-8-18(9-13-20)17-6-4-3-5-7-17/h3-15H,2,16H2,1H3,(H,24,26). The maximum atomic E-state index is 12.1. The zero-order valence-corrected chi connectivity index (χ0v) is 15.1. The fourth-order valence-corrected chi connectivity index (χ4v) is 2.66. The number of benzene rings is 3. The molecule has 0 aliphatic heterocycles. The molecule has 3 rings (SSSR count). The number of hydrogen-bond donors (Lipinski definition) is 1. The van der Waals surface area contributed by atoms with Crippen molar-refractivity contribution in [3.8, 4) is 16.9 Å². The van der Waals surface area contributed by atoms with Crippen molar-refractivity contribution < 1.29 is 14.3 Å². The van der Waals surface area contributed by atoms with Crippen LogP contribution >= 0.6 is 0 Å². The number of anilines is 1. The average molecular weight is 359 g/mol. The van der Waals surface area contributed by atoms with E-state index >= 15 is 0 Å². The molecule has 0 atom stereocenters. The lowest BCUT2D eigenvalue weighted by atomic mass is 10.1. The van der Waals surface area contributed by atoms with E-state index in [2.05, 4.69) is 5.32 Å². The van der Waals surface area contributed by atoms with Gasteiger partial charge in [0.25, 0.3) is 5.91 Å². The molecular weight excluding hydrogens is 338 g/mol. The van der Waals surface area contributed by atoms with Gasteiger partial charge in [-0.05, 0) is 47.5 Å². The first kappa shape index (κ1) is 18.4. The lowest BCUT2D eigenvalue weighted by Crippen LogP contribution is -2.20. The topological polar surface area (TPSA) is 55.4 Å². The number of rotatable bonds is 7. The highest BCUT2D eigenvalue weighted by atomic mass is 16.5. The van der Waals surface area contributed by atoms with Gasteiger partial charge in [0, 0.05) is 17.7 Å². The van der Waals surface area contributed by atoms with Crippen molar-refractivity contribution in [1.29, 1.82) is 0 Å². The first-order valence-electron chi connectivity index (χ1n) is 8.87. The molecule has 0 aliphatic carbocycles. The largest absolute Gasteiger partial charge is 0.484 e. The number of nitrogens with one attached hydrogen (secondary N) is 1. The zero-order valence-electron chi connectivity index (χ0n) is 15.1. The van der Waals surface area contributed by atoms with Crippen molar-refractivity contribution in [2.75, 3.05) is 11.9 Å². The van der Waals surface area contributed by atoms with Crippen LogP contribution in [0.3, 0.4) is 0 Å². The number of carbonyl (C=O) groups excluding carboxylic acids is 2. The number of carbonyl (C=O) groups is 2. The monoisotopic (exact) mass is 359 g/mol. The molecule has 0 saturated carbocycles. The predicted octanol–water partition coefficient (Wildman–Crippen LogP) is 4.96. The molecule has 0 spiro atoms. The molecule has 4 heteroatoms. The molecule has 0 fully saturated rings. The number of ether oxygens (including phenoxy) is 1. The van der Waals surface area contributed by atoms with E-state index in [4.69, 9.17) is 4.74 Å². The molecule has 136 valence electrons. The van der Waals surface area contributed by atoms with Gasteiger partial charge in [0.1, 0.15) is 5.75 Å². The first-order valence-corrected chi connectivity index (χ1v) is 8.87. The molecule has 1 amide bonds. The lowest BCUT2D eigenvalue weighted by molar-refractivity contribution is -0.118. The maximum Gasteiger partial charge on any atom is 0.262 e. The van der Waals surface area contributed by atoms with Crippen LogP contribution in [0, 0.1) is 0 Å². The molecule has 1 N–H and O–H groups in total. The third kappa shape index (κ3) is 5.05. The lowest BCUT2D eigenvalue weighted by Gasteiger charge is -2.09.